The fourth-order valence-electron chi connectivity index (χ4n) is 0. The molecule has 0 spiro atoms. The van der Waals surface area contributed by atoms with Crippen LogP contribution in [0, 0.1) is 0 Å². The molecule has 0 aliphatic carbocycles. The first-order chi connectivity index (χ1) is 2.00. The quantitative estimate of drug-likeness (QED) is 0.393. The van der Waals surface area contributed by atoms with Crippen molar-refractivity contribution in [1.82, 2.24) is 0 Å². The summed E-state index contributed by atoms with van der Waals surface area (Å²) in [6.45, 7) is 0. The van der Waals surface area contributed by atoms with Crippen molar-refractivity contribution < 1.29 is 41.6 Å². The summed E-state index contributed by atoms with van der Waals surface area (Å²) in [5.41, 5.74) is 0. The van der Waals surface area contributed by atoms with Gasteiger partial charge in [0.15, 0.2) is 0 Å². The summed E-state index contributed by atoms with van der Waals surface area (Å²) in [5.74, 6) is 0. The van der Waals surface area contributed by atoms with Crippen molar-refractivity contribution in [3.8, 4) is 0 Å². The molecule has 0 aliphatic heterocycles. The molecule has 0 aromatic carbocycles. The Kier molecular flexibility index (Phi) is 14.8. The van der Waals surface area contributed by atoms with Crippen LogP contribution in [0.1, 0.15) is 2.85 Å². The van der Waals surface area contributed by atoms with Crippen LogP contribution in [-0.4, -0.2) is 63.6 Å². The molecule has 4 nitrogen and oxygen atoms in total. The van der Waals surface area contributed by atoms with Crippen molar-refractivity contribution in [1.29, 1.82) is 0 Å². The van der Waals surface area contributed by atoms with Crippen LogP contribution in [0.4, 0.5) is 0 Å². The Morgan fingerprint density at radius 3 is 1.29 bits per heavy atom. The summed E-state index contributed by atoms with van der Waals surface area (Å²) < 4.78 is 8.88. The van der Waals surface area contributed by atoms with Crippen LogP contribution >= 0.6 is 7.82 Å². The van der Waals surface area contributed by atoms with Gasteiger partial charge < -0.3 is 17.5 Å². The first-order valence-electron chi connectivity index (χ1n) is 0.783. The average Bonchev–Trinajstić information content (AvgIpc) is 0.722. The summed E-state index contributed by atoms with van der Waals surface area (Å²) in [6, 6.07) is 0. The summed E-state index contributed by atoms with van der Waals surface area (Å²) in [6.07, 6.45) is 0. The predicted molar refractivity (Wildman–Crippen MR) is 22.2 cm³/mol. The third-order valence-corrected chi connectivity index (χ3v) is 0. The van der Waals surface area contributed by atoms with E-state index in [4.69, 9.17) is 19.2 Å². The van der Waals surface area contributed by atoms with E-state index in [1.165, 1.54) is 0 Å². The predicted octanol–water partition coefficient (Wildman–Crippen LogP) is -1.09. The van der Waals surface area contributed by atoms with Crippen LogP contribution in [0.3, 0.4) is 0 Å². The Morgan fingerprint density at radius 2 is 1.29 bits per heavy atom. The number of hydrogen-bond donors (Lipinski definition) is 3. The van der Waals surface area contributed by atoms with Gasteiger partial charge in [-0.05, 0) is 0 Å². The zero-order chi connectivity index (χ0) is 4.50. The van der Waals surface area contributed by atoms with Crippen LogP contribution < -0.4 is 0 Å². The second-order valence-corrected chi connectivity index (χ2v) is 1.54. The average molecular weight is 303 g/mol. The molecule has 0 saturated carbocycles. The molecule has 0 radical (unpaired) electrons. The SMILES string of the molecule is O=P(O)(O)O.[Ba+2].[H-].[H-].[Zn]. The van der Waals surface area contributed by atoms with Crippen LogP contribution in [0.25, 0.3) is 0 Å². The monoisotopic (exact) mass is 302 g/mol. The maximum atomic E-state index is 8.88. The Labute approximate surface area is 96.7 Å². The number of phosphoric acid groups is 1. The summed E-state index contributed by atoms with van der Waals surface area (Å²) in [7, 11) is -4.64. The molecular formula is H5BaO4PZn. The normalized spacial score (nSPS) is 8.43. The first kappa shape index (κ1) is 16.1. The van der Waals surface area contributed by atoms with Crippen molar-refractivity contribution >= 4 is 56.7 Å². The Hall–Kier alpha value is 2.30. The van der Waals surface area contributed by atoms with Gasteiger partial charge in [-0.25, -0.2) is 4.57 Å². The molecule has 0 heterocycles. The minimum Gasteiger partial charge on any atom is -1.00 e. The third kappa shape index (κ3) is 62.1. The molecule has 0 rings (SSSR count). The molecule has 0 aromatic heterocycles. The van der Waals surface area contributed by atoms with Crippen molar-refractivity contribution in [2.24, 2.45) is 0 Å². The van der Waals surface area contributed by atoms with Gasteiger partial charge in [-0.3, -0.25) is 0 Å². The Morgan fingerprint density at radius 1 is 1.29 bits per heavy atom. The van der Waals surface area contributed by atoms with Gasteiger partial charge in [0.2, 0.25) is 0 Å². The zero-order valence-electron chi connectivity index (χ0n) is 5.61. The maximum absolute atomic E-state index is 8.88. The van der Waals surface area contributed by atoms with E-state index in [0.717, 1.165) is 0 Å². The van der Waals surface area contributed by atoms with Gasteiger partial charge in [-0.1, -0.05) is 0 Å². The number of hydrogen-bond acceptors (Lipinski definition) is 1. The van der Waals surface area contributed by atoms with Gasteiger partial charge >= 0.3 is 56.7 Å². The van der Waals surface area contributed by atoms with Crippen LogP contribution in [0.2, 0.25) is 0 Å². The van der Waals surface area contributed by atoms with Crippen LogP contribution in [0.15, 0.2) is 0 Å². The molecular weight excluding hydrogens is 298 g/mol. The van der Waals surface area contributed by atoms with E-state index in [2.05, 4.69) is 0 Å². The minimum absolute atomic E-state index is 0. The van der Waals surface area contributed by atoms with Crippen molar-refractivity contribution in [2.75, 3.05) is 0 Å². The van der Waals surface area contributed by atoms with E-state index in [1.54, 1.807) is 0 Å². The van der Waals surface area contributed by atoms with Crippen molar-refractivity contribution in [3.63, 3.8) is 0 Å². The van der Waals surface area contributed by atoms with Crippen molar-refractivity contribution in [2.45, 2.75) is 0 Å². The van der Waals surface area contributed by atoms with E-state index in [-0.39, 0.29) is 71.2 Å². The fraction of sp³-hybridized carbons (Fsp3) is 0. The van der Waals surface area contributed by atoms with E-state index in [0.29, 0.717) is 0 Å². The Balaban J connectivity index is -0.0000000133. The largest absolute Gasteiger partial charge is 2.00 e. The molecule has 0 fully saturated rings. The van der Waals surface area contributed by atoms with Crippen LogP contribution in [-0.2, 0) is 24.0 Å². The van der Waals surface area contributed by atoms with E-state index >= 15 is 0 Å². The molecule has 3 N–H and O–H groups in total. The summed E-state index contributed by atoms with van der Waals surface area (Å²) >= 11 is 0. The molecule has 0 aromatic rings. The first-order valence-corrected chi connectivity index (χ1v) is 2.35. The van der Waals surface area contributed by atoms with E-state index in [1.807, 2.05) is 0 Å². The van der Waals surface area contributed by atoms with Gasteiger partial charge in [0.25, 0.3) is 0 Å². The molecule has 0 unspecified atom stereocenters. The molecule has 7 heavy (non-hydrogen) atoms. The number of rotatable bonds is 0. The molecule has 7 heteroatoms. The fourth-order valence-corrected chi connectivity index (χ4v) is 0. The molecule has 0 saturated heterocycles. The minimum atomic E-state index is -4.64. The Bertz CT molecular complexity index is 64.7. The summed E-state index contributed by atoms with van der Waals surface area (Å²) in [5, 5.41) is 0. The third-order valence-electron chi connectivity index (χ3n) is 0. The van der Waals surface area contributed by atoms with Gasteiger partial charge in [0.1, 0.15) is 0 Å². The molecule has 0 atom stereocenters. The van der Waals surface area contributed by atoms with Gasteiger partial charge in [0, 0.05) is 19.5 Å². The van der Waals surface area contributed by atoms with Gasteiger partial charge in [-0.15, -0.1) is 0 Å². The maximum Gasteiger partial charge on any atom is 2.00 e. The van der Waals surface area contributed by atoms with Crippen LogP contribution in [0.5, 0.6) is 0 Å². The van der Waals surface area contributed by atoms with Crippen molar-refractivity contribution in [3.05, 3.63) is 0 Å². The molecule has 0 aliphatic rings. The van der Waals surface area contributed by atoms with Gasteiger partial charge in [-0.2, -0.15) is 0 Å². The molecule has 38 valence electrons. The molecule has 0 amide bonds. The second kappa shape index (κ2) is 6.43. The molecule has 0 bridgehead atoms. The smallest absolute Gasteiger partial charge is 1.00 e. The zero-order valence-corrected chi connectivity index (χ0v) is 11.9. The van der Waals surface area contributed by atoms with Gasteiger partial charge in [0.05, 0.1) is 0 Å². The second-order valence-electron chi connectivity index (χ2n) is 0.513. The summed E-state index contributed by atoms with van der Waals surface area (Å²) in [4.78, 5) is 21.6. The standard InChI is InChI=1S/Ba.H3O4P.Zn.2H/c;1-5(2,3)4;;;/h;(H3,1,2,3,4);;;/q+2;;;2*-1. The van der Waals surface area contributed by atoms with E-state index < -0.39 is 7.82 Å². The van der Waals surface area contributed by atoms with E-state index in [9.17, 15) is 0 Å². The topological polar surface area (TPSA) is 77.8 Å².